The molecule has 0 aliphatic heterocycles. The quantitative estimate of drug-likeness (QED) is 0.350. The standard InChI is InChI=1S/C28H29NO7S/c1-3-35-26(28(31)32)20-22-11-15-24(16-12-22)29(27(30)23-9-5-4-6-10-23)19-7-8-21-13-17-25(18-14-21)36-37(2,33)34/h4-18,26H,3,19-20H2,1-2H3,(H,31,32)/t26-/m0/s1. The van der Waals surface area contributed by atoms with Gasteiger partial charge >= 0.3 is 16.1 Å². The summed E-state index contributed by atoms with van der Waals surface area (Å²) in [4.78, 5) is 26.4. The van der Waals surface area contributed by atoms with E-state index < -0.39 is 22.2 Å². The highest BCUT2D eigenvalue weighted by Gasteiger charge is 2.19. The van der Waals surface area contributed by atoms with Gasteiger partial charge in [-0.2, -0.15) is 8.42 Å². The van der Waals surface area contributed by atoms with Crippen molar-refractivity contribution in [2.24, 2.45) is 0 Å². The molecule has 0 radical (unpaired) electrons. The van der Waals surface area contributed by atoms with Crippen LogP contribution in [-0.4, -0.2) is 50.9 Å². The van der Waals surface area contributed by atoms with Crippen molar-refractivity contribution in [2.45, 2.75) is 19.4 Å². The lowest BCUT2D eigenvalue weighted by molar-refractivity contribution is -0.149. The number of rotatable bonds is 12. The van der Waals surface area contributed by atoms with Crippen LogP contribution in [0.5, 0.6) is 5.75 Å². The van der Waals surface area contributed by atoms with E-state index in [1.54, 1.807) is 84.6 Å². The average molecular weight is 524 g/mol. The van der Waals surface area contributed by atoms with Crippen LogP contribution in [0.25, 0.3) is 6.08 Å². The fraction of sp³-hybridized carbons (Fsp3) is 0.214. The maximum absolute atomic E-state index is 13.3. The predicted molar refractivity (Wildman–Crippen MR) is 142 cm³/mol. The highest BCUT2D eigenvalue weighted by atomic mass is 32.2. The molecule has 3 rings (SSSR count). The molecule has 0 fully saturated rings. The second-order valence-corrected chi connectivity index (χ2v) is 9.77. The fourth-order valence-electron chi connectivity index (χ4n) is 3.59. The average Bonchev–Trinajstić information content (AvgIpc) is 2.87. The van der Waals surface area contributed by atoms with Gasteiger partial charge in [0.25, 0.3) is 5.91 Å². The number of ether oxygens (including phenoxy) is 1. The van der Waals surface area contributed by atoms with Gasteiger partial charge in [-0.25, -0.2) is 4.79 Å². The molecule has 1 N–H and O–H groups in total. The largest absolute Gasteiger partial charge is 0.479 e. The molecular weight excluding hydrogens is 494 g/mol. The molecule has 0 heterocycles. The Kier molecular flexibility index (Phi) is 9.59. The summed E-state index contributed by atoms with van der Waals surface area (Å²) in [6.07, 6.45) is 3.92. The first-order valence-corrected chi connectivity index (χ1v) is 13.4. The van der Waals surface area contributed by atoms with Gasteiger partial charge in [0.15, 0.2) is 6.10 Å². The lowest BCUT2D eigenvalue weighted by atomic mass is 10.1. The van der Waals surface area contributed by atoms with Gasteiger partial charge < -0.3 is 18.9 Å². The number of amides is 1. The smallest absolute Gasteiger partial charge is 0.333 e. The van der Waals surface area contributed by atoms with Crippen molar-refractivity contribution < 1.29 is 32.0 Å². The molecule has 0 saturated heterocycles. The number of carbonyl (C=O) groups excluding carboxylic acids is 1. The van der Waals surface area contributed by atoms with Crippen molar-refractivity contribution in [2.75, 3.05) is 24.3 Å². The van der Waals surface area contributed by atoms with Crippen LogP contribution in [0.1, 0.15) is 28.4 Å². The second-order valence-electron chi connectivity index (χ2n) is 8.19. The molecule has 3 aromatic rings. The topological polar surface area (TPSA) is 110 Å². The van der Waals surface area contributed by atoms with Gasteiger partial charge in [-0.05, 0) is 54.4 Å². The van der Waals surface area contributed by atoms with E-state index in [0.29, 0.717) is 17.9 Å². The lowest BCUT2D eigenvalue weighted by Gasteiger charge is -2.22. The molecular formula is C28H29NO7S. The molecule has 0 unspecified atom stereocenters. The molecule has 1 atom stereocenters. The Morgan fingerprint density at radius 1 is 0.973 bits per heavy atom. The number of nitrogens with zero attached hydrogens (tertiary/aromatic N) is 1. The third-order valence-corrected chi connectivity index (χ3v) is 5.80. The Bertz CT molecular complexity index is 1320. The fourth-order valence-corrected chi connectivity index (χ4v) is 4.05. The summed E-state index contributed by atoms with van der Waals surface area (Å²) in [7, 11) is -3.60. The highest BCUT2D eigenvalue weighted by molar-refractivity contribution is 7.86. The second kappa shape index (κ2) is 12.8. The summed E-state index contributed by atoms with van der Waals surface area (Å²) in [5.74, 6) is -0.990. The van der Waals surface area contributed by atoms with E-state index in [2.05, 4.69) is 0 Å². The Hall–Kier alpha value is -3.95. The van der Waals surface area contributed by atoms with Crippen molar-refractivity contribution in [3.8, 4) is 5.75 Å². The molecule has 0 saturated carbocycles. The Labute approximate surface area is 216 Å². The minimum absolute atomic E-state index is 0.187. The number of carbonyl (C=O) groups is 2. The molecule has 8 nitrogen and oxygen atoms in total. The number of hydrogen-bond acceptors (Lipinski definition) is 6. The molecule has 0 aliphatic carbocycles. The summed E-state index contributed by atoms with van der Waals surface area (Å²) in [5, 5.41) is 9.34. The van der Waals surface area contributed by atoms with E-state index in [4.69, 9.17) is 8.92 Å². The van der Waals surface area contributed by atoms with Gasteiger partial charge in [0.2, 0.25) is 0 Å². The maximum Gasteiger partial charge on any atom is 0.333 e. The van der Waals surface area contributed by atoms with Crippen LogP contribution in [0.4, 0.5) is 5.69 Å². The van der Waals surface area contributed by atoms with Crippen LogP contribution in [0.2, 0.25) is 0 Å². The number of carboxylic acid groups (broad SMARTS) is 1. The van der Waals surface area contributed by atoms with Crippen LogP contribution < -0.4 is 9.08 Å². The monoisotopic (exact) mass is 523 g/mol. The molecule has 0 bridgehead atoms. The van der Waals surface area contributed by atoms with Gasteiger partial charge in [0.1, 0.15) is 5.75 Å². The van der Waals surface area contributed by atoms with Crippen molar-refractivity contribution in [3.05, 3.63) is 102 Å². The molecule has 194 valence electrons. The van der Waals surface area contributed by atoms with Gasteiger partial charge in [0.05, 0.1) is 6.26 Å². The summed E-state index contributed by atoms with van der Waals surface area (Å²) in [5.41, 5.74) is 2.77. The maximum atomic E-state index is 13.3. The van der Waals surface area contributed by atoms with E-state index in [0.717, 1.165) is 17.4 Å². The molecule has 0 aromatic heterocycles. The van der Waals surface area contributed by atoms with Crippen LogP contribution in [0.3, 0.4) is 0 Å². The number of aliphatic carboxylic acids is 1. The van der Waals surface area contributed by atoms with Crippen molar-refractivity contribution >= 4 is 33.8 Å². The first kappa shape index (κ1) is 27.6. The normalized spacial score (nSPS) is 12.3. The van der Waals surface area contributed by atoms with Crippen molar-refractivity contribution in [3.63, 3.8) is 0 Å². The SMILES string of the molecule is CCO[C@@H](Cc1ccc(N(CC=Cc2ccc(OS(C)(=O)=O)cc2)C(=O)c2ccccc2)cc1)C(=O)O. The van der Waals surface area contributed by atoms with E-state index in [1.807, 2.05) is 18.2 Å². The molecule has 1 amide bonds. The molecule has 37 heavy (non-hydrogen) atoms. The van der Waals surface area contributed by atoms with Crippen molar-refractivity contribution in [1.82, 2.24) is 0 Å². The van der Waals surface area contributed by atoms with E-state index >= 15 is 0 Å². The third kappa shape index (κ3) is 8.59. The summed E-state index contributed by atoms with van der Waals surface area (Å²) in [6, 6.07) is 22.6. The van der Waals surface area contributed by atoms with Crippen LogP contribution in [-0.2, 0) is 26.1 Å². The van der Waals surface area contributed by atoms with Crippen LogP contribution in [0.15, 0.2) is 84.9 Å². The van der Waals surface area contributed by atoms with Gasteiger partial charge in [-0.3, -0.25) is 4.79 Å². The lowest BCUT2D eigenvalue weighted by Crippen LogP contribution is -2.31. The zero-order valence-electron chi connectivity index (χ0n) is 20.6. The van der Waals surface area contributed by atoms with Crippen LogP contribution in [0, 0.1) is 0 Å². The minimum atomic E-state index is -3.60. The highest BCUT2D eigenvalue weighted by Crippen LogP contribution is 2.21. The summed E-state index contributed by atoms with van der Waals surface area (Å²) < 4.78 is 32.7. The van der Waals surface area contributed by atoms with E-state index in [1.165, 1.54) is 0 Å². The molecule has 3 aromatic carbocycles. The van der Waals surface area contributed by atoms with Gasteiger partial charge in [-0.15, -0.1) is 0 Å². The zero-order valence-corrected chi connectivity index (χ0v) is 21.4. The Morgan fingerprint density at radius 2 is 1.62 bits per heavy atom. The zero-order chi connectivity index (χ0) is 26.8. The van der Waals surface area contributed by atoms with Crippen LogP contribution >= 0.6 is 0 Å². The van der Waals surface area contributed by atoms with E-state index in [9.17, 15) is 23.1 Å². The van der Waals surface area contributed by atoms with Crippen molar-refractivity contribution in [1.29, 1.82) is 0 Å². The number of benzene rings is 3. The Morgan fingerprint density at radius 3 is 2.19 bits per heavy atom. The summed E-state index contributed by atoms with van der Waals surface area (Å²) >= 11 is 0. The Balaban J connectivity index is 1.79. The van der Waals surface area contributed by atoms with Gasteiger partial charge in [-0.1, -0.05) is 54.6 Å². The summed E-state index contributed by atoms with van der Waals surface area (Å²) in [6.45, 7) is 2.32. The number of carboxylic acids is 1. The molecule has 0 spiro atoms. The predicted octanol–water partition coefficient (Wildman–Crippen LogP) is 4.42. The van der Waals surface area contributed by atoms with Gasteiger partial charge in [0, 0.05) is 30.8 Å². The molecule has 0 aliphatic rings. The number of hydrogen-bond donors (Lipinski definition) is 1. The third-order valence-electron chi connectivity index (χ3n) is 5.30. The number of anilines is 1. The minimum Gasteiger partial charge on any atom is -0.479 e. The first-order chi connectivity index (χ1) is 17.7. The molecule has 9 heteroatoms. The first-order valence-electron chi connectivity index (χ1n) is 11.6. The van der Waals surface area contributed by atoms with E-state index in [-0.39, 0.29) is 24.6 Å².